The predicted molar refractivity (Wildman–Crippen MR) is 103 cm³/mol. The number of ether oxygens (including phenoxy) is 2. The number of carbonyl (C=O) groups excluding carboxylic acids is 2. The maximum atomic E-state index is 14.0. The molecule has 6 heteroatoms. The van der Waals surface area contributed by atoms with E-state index in [1.165, 1.54) is 13.0 Å². The second kappa shape index (κ2) is 9.20. The molecule has 1 aromatic carbocycles. The number of amides is 1. The van der Waals surface area contributed by atoms with E-state index in [1.54, 1.807) is 40.7 Å². The van der Waals surface area contributed by atoms with Gasteiger partial charge >= 0.3 is 12.1 Å². The van der Waals surface area contributed by atoms with Gasteiger partial charge in [0.15, 0.2) is 0 Å². The van der Waals surface area contributed by atoms with Crippen LogP contribution in [0.1, 0.15) is 65.5 Å². The van der Waals surface area contributed by atoms with Crippen LogP contribution in [-0.4, -0.2) is 29.8 Å². The van der Waals surface area contributed by atoms with Crippen LogP contribution in [0, 0.1) is 18.7 Å². The number of halogens is 1. The lowest BCUT2D eigenvalue weighted by Gasteiger charge is -2.29. The van der Waals surface area contributed by atoms with Gasteiger partial charge < -0.3 is 14.8 Å². The van der Waals surface area contributed by atoms with Gasteiger partial charge in [-0.15, -0.1) is 0 Å². The molecule has 0 fully saturated rings. The third-order valence-corrected chi connectivity index (χ3v) is 4.19. The van der Waals surface area contributed by atoms with Crippen LogP contribution in [-0.2, 0) is 14.3 Å². The monoisotopic (exact) mass is 381 g/mol. The fourth-order valence-electron chi connectivity index (χ4n) is 2.92. The van der Waals surface area contributed by atoms with Crippen molar-refractivity contribution in [1.82, 2.24) is 5.32 Å². The Labute approximate surface area is 161 Å². The Kier molecular flexibility index (Phi) is 7.81. The molecular weight excluding hydrogens is 349 g/mol. The number of alkyl carbamates (subject to hydrolysis) is 1. The normalized spacial score (nSPS) is 15.0. The maximum Gasteiger partial charge on any atom is 0.408 e. The van der Waals surface area contributed by atoms with Crippen LogP contribution >= 0.6 is 0 Å². The van der Waals surface area contributed by atoms with Crippen LogP contribution in [0.15, 0.2) is 18.2 Å². The van der Waals surface area contributed by atoms with Crippen molar-refractivity contribution in [3.05, 3.63) is 35.1 Å². The van der Waals surface area contributed by atoms with Gasteiger partial charge in [-0.1, -0.05) is 26.0 Å². The first-order valence-electron chi connectivity index (χ1n) is 9.28. The summed E-state index contributed by atoms with van der Waals surface area (Å²) in [6, 6.07) is 4.22. The summed E-state index contributed by atoms with van der Waals surface area (Å²) >= 11 is 0. The third kappa shape index (κ3) is 7.19. The van der Waals surface area contributed by atoms with Crippen LogP contribution in [0.4, 0.5) is 9.18 Å². The van der Waals surface area contributed by atoms with Gasteiger partial charge in [-0.05, 0) is 64.7 Å². The van der Waals surface area contributed by atoms with Gasteiger partial charge in [0.2, 0.25) is 0 Å². The highest BCUT2D eigenvalue weighted by molar-refractivity contribution is 5.81. The summed E-state index contributed by atoms with van der Waals surface area (Å²) in [4.78, 5) is 24.2. The molecular formula is C21H32FNO4. The lowest BCUT2D eigenvalue weighted by molar-refractivity contribution is -0.152. The highest BCUT2D eigenvalue weighted by Crippen LogP contribution is 2.31. The molecule has 0 unspecified atom stereocenters. The van der Waals surface area contributed by atoms with E-state index in [4.69, 9.17) is 9.47 Å². The van der Waals surface area contributed by atoms with Crippen LogP contribution in [0.3, 0.4) is 0 Å². The van der Waals surface area contributed by atoms with E-state index >= 15 is 0 Å². The van der Waals surface area contributed by atoms with E-state index in [-0.39, 0.29) is 17.7 Å². The smallest absolute Gasteiger partial charge is 0.408 e. The first-order valence-corrected chi connectivity index (χ1v) is 9.28. The summed E-state index contributed by atoms with van der Waals surface area (Å²) in [5, 5.41) is 2.47. The van der Waals surface area contributed by atoms with E-state index in [1.807, 2.05) is 19.9 Å². The zero-order valence-corrected chi connectivity index (χ0v) is 17.6. The van der Waals surface area contributed by atoms with Crippen molar-refractivity contribution in [3.8, 4) is 0 Å². The Balaban J connectivity index is 2.80. The number of rotatable bonds is 6. The van der Waals surface area contributed by atoms with Crippen molar-refractivity contribution in [2.75, 3.05) is 0 Å². The van der Waals surface area contributed by atoms with E-state index in [2.05, 4.69) is 5.32 Å². The molecule has 0 aliphatic rings. The number of hydrogen-bond donors (Lipinski definition) is 1. The van der Waals surface area contributed by atoms with Crippen LogP contribution in [0.5, 0.6) is 0 Å². The molecule has 0 aliphatic carbocycles. The van der Waals surface area contributed by atoms with Crippen molar-refractivity contribution < 1.29 is 23.5 Å². The fraction of sp³-hybridized carbons (Fsp3) is 0.619. The van der Waals surface area contributed by atoms with Gasteiger partial charge in [0, 0.05) is 5.92 Å². The Morgan fingerprint density at radius 3 is 2.19 bits per heavy atom. The molecule has 0 heterocycles. The molecule has 0 spiro atoms. The topological polar surface area (TPSA) is 64.6 Å². The number of esters is 1. The lowest BCUT2D eigenvalue weighted by atomic mass is 9.84. The number of carbonyl (C=O) groups is 2. The van der Waals surface area contributed by atoms with Gasteiger partial charge in [0.25, 0.3) is 0 Å². The Hall–Kier alpha value is -2.11. The predicted octanol–water partition coefficient (Wildman–Crippen LogP) is 4.72. The summed E-state index contributed by atoms with van der Waals surface area (Å²) in [6.45, 7) is 14.2. The summed E-state index contributed by atoms with van der Waals surface area (Å²) in [6.07, 6.45) is -1.16. The highest BCUT2D eigenvalue weighted by Gasteiger charge is 2.29. The minimum Gasteiger partial charge on any atom is -0.460 e. The van der Waals surface area contributed by atoms with Crippen molar-refractivity contribution in [2.24, 2.45) is 5.92 Å². The zero-order chi connectivity index (χ0) is 20.9. The standard InChI is InChI=1S/C21H32FNO4/c1-12(2)18(16-10-9-13(3)17(22)11-16)15(5)26-19(24)14(4)23-20(25)27-21(6,7)8/h9-12,14-15,18H,1-8H3,(H,23,25)/t14-,15-,18+/m0/s1. The van der Waals surface area contributed by atoms with Crippen molar-refractivity contribution in [2.45, 2.75) is 79.1 Å². The number of benzene rings is 1. The fourth-order valence-corrected chi connectivity index (χ4v) is 2.92. The van der Waals surface area contributed by atoms with Gasteiger partial charge in [0.1, 0.15) is 23.6 Å². The molecule has 1 rings (SSSR count). The highest BCUT2D eigenvalue weighted by atomic mass is 19.1. The van der Waals surface area contributed by atoms with E-state index < -0.39 is 29.8 Å². The molecule has 152 valence electrons. The van der Waals surface area contributed by atoms with Gasteiger partial charge in [-0.25, -0.2) is 14.0 Å². The summed E-state index contributed by atoms with van der Waals surface area (Å²) < 4.78 is 24.7. The van der Waals surface area contributed by atoms with Gasteiger partial charge in [-0.2, -0.15) is 0 Å². The molecule has 1 amide bonds. The molecule has 1 aromatic rings. The lowest BCUT2D eigenvalue weighted by Crippen LogP contribution is -2.43. The summed E-state index contributed by atoms with van der Waals surface area (Å²) in [5.74, 6) is -0.884. The Morgan fingerprint density at radius 1 is 1.11 bits per heavy atom. The third-order valence-electron chi connectivity index (χ3n) is 4.19. The average molecular weight is 381 g/mol. The van der Waals surface area contributed by atoms with Crippen molar-refractivity contribution in [1.29, 1.82) is 0 Å². The van der Waals surface area contributed by atoms with Gasteiger partial charge in [-0.3, -0.25) is 0 Å². The summed E-state index contributed by atoms with van der Waals surface area (Å²) in [7, 11) is 0. The quantitative estimate of drug-likeness (QED) is 0.724. The molecule has 0 saturated heterocycles. The Bertz CT molecular complexity index is 667. The molecule has 1 N–H and O–H groups in total. The molecule has 0 aliphatic heterocycles. The minimum atomic E-state index is -0.857. The van der Waals surface area contributed by atoms with Crippen molar-refractivity contribution in [3.63, 3.8) is 0 Å². The van der Waals surface area contributed by atoms with E-state index in [0.717, 1.165) is 5.56 Å². The largest absolute Gasteiger partial charge is 0.460 e. The van der Waals surface area contributed by atoms with E-state index in [9.17, 15) is 14.0 Å². The zero-order valence-electron chi connectivity index (χ0n) is 17.6. The molecule has 27 heavy (non-hydrogen) atoms. The Morgan fingerprint density at radius 2 is 1.70 bits per heavy atom. The molecule has 0 radical (unpaired) electrons. The van der Waals surface area contributed by atoms with E-state index in [0.29, 0.717) is 5.56 Å². The van der Waals surface area contributed by atoms with Crippen molar-refractivity contribution >= 4 is 12.1 Å². The summed E-state index contributed by atoms with van der Waals surface area (Å²) in [5.41, 5.74) is 0.696. The van der Waals surface area contributed by atoms with Crippen LogP contribution in [0.25, 0.3) is 0 Å². The first kappa shape index (κ1) is 22.9. The maximum absolute atomic E-state index is 14.0. The molecule has 0 bridgehead atoms. The molecule has 0 saturated carbocycles. The number of aryl methyl sites for hydroxylation is 1. The minimum absolute atomic E-state index is 0.129. The second-order valence-electron chi connectivity index (χ2n) is 8.29. The average Bonchev–Trinajstić information content (AvgIpc) is 2.48. The number of nitrogens with one attached hydrogen (secondary N) is 1. The van der Waals surface area contributed by atoms with Crippen LogP contribution in [0.2, 0.25) is 0 Å². The SMILES string of the molecule is Cc1ccc([C@H](C(C)C)[C@H](C)OC(=O)[C@H](C)NC(=O)OC(C)(C)C)cc1F. The molecule has 0 aromatic heterocycles. The van der Waals surface area contributed by atoms with Gasteiger partial charge in [0.05, 0.1) is 0 Å². The first-order chi connectivity index (χ1) is 12.3. The number of hydrogen-bond acceptors (Lipinski definition) is 4. The second-order valence-corrected chi connectivity index (χ2v) is 8.29. The molecule has 3 atom stereocenters. The van der Waals surface area contributed by atoms with Crippen LogP contribution < -0.4 is 5.32 Å². The molecule has 5 nitrogen and oxygen atoms in total.